The van der Waals surface area contributed by atoms with Gasteiger partial charge in [0.25, 0.3) is 0 Å². The Morgan fingerprint density at radius 3 is 2.21 bits per heavy atom. The third kappa shape index (κ3) is 7.12. The van der Waals surface area contributed by atoms with Crippen molar-refractivity contribution in [1.82, 2.24) is 5.32 Å². The molecule has 1 atom stereocenters. The fourth-order valence-electron chi connectivity index (χ4n) is 3.67. The van der Waals surface area contributed by atoms with Crippen LogP contribution in [0.5, 0.6) is 5.75 Å². The molecular weight excluding hydrogens is 419 g/mol. The summed E-state index contributed by atoms with van der Waals surface area (Å²) in [7, 11) is -0.563. The van der Waals surface area contributed by atoms with Crippen LogP contribution in [0.3, 0.4) is 0 Å². The van der Waals surface area contributed by atoms with Crippen LogP contribution in [-0.4, -0.2) is 42.2 Å². The van der Waals surface area contributed by atoms with Crippen LogP contribution in [0.2, 0.25) is 0 Å². The first kappa shape index (κ1) is 27.0. The number of nitrogens with one attached hydrogen (secondary N) is 1. The van der Waals surface area contributed by atoms with E-state index in [2.05, 4.69) is 25.2 Å². The van der Waals surface area contributed by atoms with Crippen LogP contribution in [0, 0.1) is 17.2 Å². The second-order valence-electron chi connectivity index (χ2n) is 11.6. The SMILES string of the molecule is CC(C)C[C@@](C)(COc1ccc(B2OC(C)(C)C(C)(C)O2)cc1C#N)OC(=O)NC(C)(C)C. The van der Waals surface area contributed by atoms with Crippen LogP contribution in [0.15, 0.2) is 18.2 Å². The first-order valence-electron chi connectivity index (χ1n) is 11.5. The van der Waals surface area contributed by atoms with Gasteiger partial charge < -0.3 is 24.1 Å². The lowest BCUT2D eigenvalue weighted by Gasteiger charge is -2.32. The van der Waals surface area contributed by atoms with Crippen molar-refractivity contribution in [2.75, 3.05) is 6.61 Å². The molecule has 1 N–H and O–H groups in total. The maximum atomic E-state index is 12.4. The number of ether oxygens (including phenoxy) is 2. The second kappa shape index (κ2) is 9.56. The quantitative estimate of drug-likeness (QED) is 0.603. The lowest BCUT2D eigenvalue weighted by Crippen LogP contribution is -2.47. The molecule has 1 aromatic carbocycles. The van der Waals surface area contributed by atoms with Crippen LogP contribution in [-0.2, 0) is 14.0 Å². The number of rotatable bonds is 7. The van der Waals surface area contributed by atoms with Crippen LogP contribution < -0.4 is 15.5 Å². The zero-order valence-corrected chi connectivity index (χ0v) is 21.8. The fraction of sp³-hybridized carbons (Fsp3) is 0.680. The Bertz CT molecular complexity index is 885. The van der Waals surface area contributed by atoms with E-state index >= 15 is 0 Å². The molecule has 0 bridgehead atoms. The molecule has 0 aliphatic carbocycles. The van der Waals surface area contributed by atoms with Crippen molar-refractivity contribution in [3.63, 3.8) is 0 Å². The summed E-state index contributed by atoms with van der Waals surface area (Å²) in [6, 6.07) is 7.50. The molecule has 0 saturated carbocycles. The molecule has 7 nitrogen and oxygen atoms in total. The molecular formula is C25H39BN2O5. The van der Waals surface area contributed by atoms with E-state index in [4.69, 9.17) is 18.8 Å². The molecule has 0 spiro atoms. The number of nitriles is 1. The fourth-order valence-corrected chi connectivity index (χ4v) is 3.67. The van der Waals surface area contributed by atoms with E-state index in [0.29, 0.717) is 17.7 Å². The highest BCUT2D eigenvalue weighted by Crippen LogP contribution is 2.36. The minimum Gasteiger partial charge on any atom is -0.488 e. The van der Waals surface area contributed by atoms with Crippen molar-refractivity contribution in [1.29, 1.82) is 5.26 Å². The number of carbonyl (C=O) groups is 1. The second-order valence-corrected chi connectivity index (χ2v) is 11.6. The summed E-state index contributed by atoms with van der Waals surface area (Å²) in [6.45, 7) is 19.7. The molecule has 1 aromatic rings. The Balaban J connectivity index is 2.18. The van der Waals surface area contributed by atoms with Crippen LogP contribution in [0.4, 0.5) is 4.79 Å². The Kier molecular flexibility index (Phi) is 7.82. The summed E-state index contributed by atoms with van der Waals surface area (Å²) < 4.78 is 24.0. The molecule has 1 heterocycles. The van der Waals surface area contributed by atoms with E-state index in [9.17, 15) is 10.1 Å². The molecule has 0 radical (unpaired) electrons. The first-order valence-corrected chi connectivity index (χ1v) is 11.5. The van der Waals surface area contributed by atoms with Crippen molar-refractivity contribution in [2.45, 2.75) is 98.0 Å². The number of alkyl carbamates (subject to hydrolysis) is 1. The van der Waals surface area contributed by atoms with E-state index in [1.165, 1.54) is 0 Å². The van der Waals surface area contributed by atoms with Gasteiger partial charge in [0.2, 0.25) is 0 Å². The summed E-state index contributed by atoms with van der Waals surface area (Å²) in [4.78, 5) is 12.4. The molecule has 33 heavy (non-hydrogen) atoms. The number of hydrogen-bond acceptors (Lipinski definition) is 6. The van der Waals surface area contributed by atoms with Crippen molar-refractivity contribution in [3.8, 4) is 11.8 Å². The summed E-state index contributed by atoms with van der Waals surface area (Å²) in [6.07, 6.45) is 0.115. The number of carbonyl (C=O) groups excluding carboxylic acids is 1. The third-order valence-electron chi connectivity index (χ3n) is 5.84. The normalized spacial score (nSPS) is 19.0. The number of benzene rings is 1. The van der Waals surface area contributed by atoms with Gasteiger partial charge in [-0.15, -0.1) is 0 Å². The molecule has 0 aromatic heterocycles. The Labute approximate surface area is 199 Å². The minimum absolute atomic E-state index is 0.118. The Morgan fingerprint density at radius 1 is 1.15 bits per heavy atom. The lowest BCUT2D eigenvalue weighted by molar-refractivity contribution is -0.0250. The molecule has 1 amide bonds. The van der Waals surface area contributed by atoms with Gasteiger partial charge in [-0.25, -0.2) is 4.79 Å². The predicted octanol–water partition coefficient (Wildman–Crippen LogP) is 4.57. The molecule has 8 heteroatoms. The standard InChI is InChI=1S/C25H39BN2O5/c1-17(2)14-25(10,31-21(29)28-22(3,4)5)16-30-20-12-11-19(13-18(20)15-27)26-32-23(6,7)24(8,9)33-26/h11-13,17H,14,16H2,1-10H3,(H,28,29)/t25-/m0/s1. The molecule has 1 aliphatic heterocycles. The highest BCUT2D eigenvalue weighted by molar-refractivity contribution is 6.62. The average Bonchev–Trinajstić information content (AvgIpc) is 2.84. The van der Waals surface area contributed by atoms with Gasteiger partial charge >= 0.3 is 13.2 Å². The van der Waals surface area contributed by atoms with Gasteiger partial charge in [-0.1, -0.05) is 19.9 Å². The predicted molar refractivity (Wildman–Crippen MR) is 130 cm³/mol. The first-order chi connectivity index (χ1) is 15.0. The molecule has 1 fully saturated rings. The topological polar surface area (TPSA) is 89.8 Å². The van der Waals surface area contributed by atoms with E-state index in [1.54, 1.807) is 12.1 Å². The van der Waals surface area contributed by atoms with Gasteiger partial charge in [-0.3, -0.25) is 0 Å². The highest BCUT2D eigenvalue weighted by Gasteiger charge is 2.51. The van der Waals surface area contributed by atoms with E-state index in [1.807, 2.05) is 61.5 Å². The lowest BCUT2D eigenvalue weighted by atomic mass is 9.78. The molecule has 182 valence electrons. The van der Waals surface area contributed by atoms with Gasteiger partial charge in [-0.05, 0) is 85.3 Å². The van der Waals surface area contributed by atoms with Gasteiger partial charge in [0.1, 0.15) is 24.0 Å². The van der Waals surface area contributed by atoms with Crippen LogP contribution >= 0.6 is 0 Å². The maximum absolute atomic E-state index is 12.4. The molecule has 2 rings (SSSR count). The van der Waals surface area contributed by atoms with Crippen LogP contribution in [0.1, 0.15) is 81.2 Å². The number of hydrogen-bond donors (Lipinski definition) is 1. The van der Waals surface area contributed by atoms with Gasteiger partial charge in [-0.2, -0.15) is 5.26 Å². The van der Waals surface area contributed by atoms with E-state index in [0.717, 1.165) is 5.46 Å². The maximum Gasteiger partial charge on any atom is 0.494 e. The molecule has 0 unspecified atom stereocenters. The number of amides is 1. The van der Waals surface area contributed by atoms with Crippen LogP contribution in [0.25, 0.3) is 0 Å². The van der Waals surface area contributed by atoms with Gasteiger partial charge in [0, 0.05) is 5.54 Å². The smallest absolute Gasteiger partial charge is 0.488 e. The van der Waals surface area contributed by atoms with Gasteiger partial charge in [0.15, 0.2) is 0 Å². The zero-order chi connectivity index (χ0) is 25.2. The summed E-state index contributed by atoms with van der Waals surface area (Å²) in [5.74, 6) is 0.704. The minimum atomic E-state index is -0.860. The Morgan fingerprint density at radius 2 is 1.73 bits per heavy atom. The van der Waals surface area contributed by atoms with Gasteiger partial charge in [0.05, 0.1) is 16.8 Å². The summed E-state index contributed by atoms with van der Waals surface area (Å²) in [5.41, 5.74) is -1.09. The van der Waals surface area contributed by atoms with Crippen molar-refractivity contribution in [3.05, 3.63) is 23.8 Å². The molecule has 1 saturated heterocycles. The van der Waals surface area contributed by atoms with Crippen molar-refractivity contribution in [2.24, 2.45) is 5.92 Å². The summed E-state index contributed by atoms with van der Waals surface area (Å²) >= 11 is 0. The monoisotopic (exact) mass is 458 g/mol. The average molecular weight is 458 g/mol. The zero-order valence-electron chi connectivity index (χ0n) is 21.8. The number of nitrogens with zero attached hydrogens (tertiary/aromatic N) is 1. The third-order valence-corrected chi connectivity index (χ3v) is 5.84. The van der Waals surface area contributed by atoms with E-state index in [-0.39, 0.29) is 12.5 Å². The molecule has 1 aliphatic rings. The highest BCUT2D eigenvalue weighted by atomic mass is 16.7. The van der Waals surface area contributed by atoms with Crippen molar-refractivity contribution >= 4 is 18.7 Å². The van der Waals surface area contributed by atoms with Crippen molar-refractivity contribution < 1.29 is 23.6 Å². The largest absolute Gasteiger partial charge is 0.494 e. The van der Waals surface area contributed by atoms with E-state index < -0.39 is 35.6 Å². The Hall–Kier alpha value is -2.24. The summed E-state index contributed by atoms with van der Waals surface area (Å²) in [5, 5.41) is 12.6.